The minimum absolute atomic E-state index is 0.0105. The number of ketones is 1. The second-order valence-electron chi connectivity index (χ2n) is 7.84. The summed E-state index contributed by atoms with van der Waals surface area (Å²) in [6, 6.07) is 9.87. The van der Waals surface area contributed by atoms with Gasteiger partial charge < -0.3 is 19.5 Å². The molecule has 1 unspecified atom stereocenters. The summed E-state index contributed by atoms with van der Waals surface area (Å²) >= 11 is 12.7. The first kappa shape index (κ1) is 22.5. The van der Waals surface area contributed by atoms with E-state index in [0.717, 1.165) is 31.2 Å². The molecular weight excluding hydrogens is 453 g/mol. The van der Waals surface area contributed by atoms with Crippen molar-refractivity contribution < 1.29 is 24.2 Å². The largest absolute Gasteiger partial charge is 0.507 e. The van der Waals surface area contributed by atoms with Crippen LogP contribution in [0.3, 0.4) is 0 Å². The second kappa shape index (κ2) is 9.04. The number of likely N-dealkylation sites (tertiary alicyclic amines) is 1. The Morgan fingerprint density at radius 1 is 1.03 bits per heavy atom. The van der Waals surface area contributed by atoms with Gasteiger partial charge in [0.15, 0.2) is 11.5 Å². The molecule has 1 aliphatic carbocycles. The van der Waals surface area contributed by atoms with Crippen LogP contribution in [0.1, 0.15) is 42.9 Å². The molecule has 1 heterocycles. The third-order valence-corrected chi connectivity index (χ3v) is 6.73. The molecular formula is C24H23Cl2NO5. The SMILES string of the molecule is COc1c(Cl)cc(/C(O)=C2\C(=O)C(=O)N(C3CCCC3)C2c2ccccc2)c(OC)c1Cl. The van der Waals surface area contributed by atoms with E-state index < -0.39 is 17.7 Å². The molecule has 1 amide bonds. The maximum atomic E-state index is 13.2. The van der Waals surface area contributed by atoms with Gasteiger partial charge in [0.1, 0.15) is 10.8 Å². The third-order valence-electron chi connectivity index (χ3n) is 6.11. The predicted octanol–water partition coefficient (Wildman–Crippen LogP) is 5.37. The Bertz CT molecular complexity index is 1090. The number of ether oxygens (including phenoxy) is 2. The van der Waals surface area contributed by atoms with Crippen molar-refractivity contribution in [3.63, 3.8) is 0 Å². The van der Waals surface area contributed by atoms with E-state index in [2.05, 4.69) is 0 Å². The number of aliphatic hydroxyl groups excluding tert-OH is 1. The minimum atomic E-state index is -0.742. The van der Waals surface area contributed by atoms with Crippen LogP contribution in [0.4, 0.5) is 0 Å². The van der Waals surface area contributed by atoms with Crippen molar-refractivity contribution in [3.8, 4) is 11.5 Å². The van der Waals surface area contributed by atoms with Crippen molar-refractivity contribution in [2.75, 3.05) is 14.2 Å². The monoisotopic (exact) mass is 475 g/mol. The highest BCUT2D eigenvalue weighted by Crippen LogP contribution is 2.48. The number of carbonyl (C=O) groups is 2. The fourth-order valence-electron chi connectivity index (χ4n) is 4.66. The molecule has 0 spiro atoms. The first-order valence-corrected chi connectivity index (χ1v) is 11.1. The lowest BCUT2D eigenvalue weighted by molar-refractivity contribution is -0.141. The van der Waals surface area contributed by atoms with Crippen LogP contribution in [-0.2, 0) is 9.59 Å². The Kier molecular flexibility index (Phi) is 6.35. The van der Waals surface area contributed by atoms with Gasteiger partial charge in [-0.15, -0.1) is 0 Å². The number of carbonyl (C=O) groups excluding carboxylic acids is 2. The molecule has 1 aliphatic heterocycles. The van der Waals surface area contributed by atoms with Crippen molar-refractivity contribution in [1.29, 1.82) is 0 Å². The summed E-state index contributed by atoms with van der Waals surface area (Å²) in [6.45, 7) is 0. The quantitative estimate of drug-likeness (QED) is 0.357. The minimum Gasteiger partial charge on any atom is -0.507 e. The van der Waals surface area contributed by atoms with E-state index >= 15 is 0 Å². The predicted molar refractivity (Wildman–Crippen MR) is 122 cm³/mol. The molecule has 0 radical (unpaired) electrons. The summed E-state index contributed by atoms with van der Waals surface area (Å²) in [5.74, 6) is -1.46. The van der Waals surface area contributed by atoms with Crippen molar-refractivity contribution >= 4 is 40.7 Å². The first-order valence-electron chi connectivity index (χ1n) is 10.4. The average Bonchev–Trinajstić information content (AvgIpc) is 3.41. The normalized spacial score (nSPS) is 20.8. The van der Waals surface area contributed by atoms with E-state index in [1.807, 2.05) is 30.3 Å². The van der Waals surface area contributed by atoms with Crippen LogP contribution < -0.4 is 9.47 Å². The van der Waals surface area contributed by atoms with Crippen LogP contribution in [0.15, 0.2) is 42.0 Å². The van der Waals surface area contributed by atoms with Gasteiger partial charge in [-0.2, -0.15) is 0 Å². The smallest absolute Gasteiger partial charge is 0.295 e. The fraction of sp³-hybridized carbons (Fsp3) is 0.333. The lowest BCUT2D eigenvalue weighted by atomic mass is 9.94. The molecule has 0 aromatic heterocycles. The fourth-order valence-corrected chi connectivity index (χ4v) is 5.35. The van der Waals surface area contributed by atoms with Crippen molar-refractivity contribution in [3.05, 3.63) is 63.1 Å². The topological polar surface area (TPSA) is 76.1 Å². The number of amides is 1. The molecule has 2 fully saturated rings. The highest BCUT2D eigenvalue weighted by atomic mass is 35.5. The lowest BCUT2D eigenvalue weighted by Gasteiger charge is -2.30. The van der Waals surface area contributed by atoms with Gasteiger partial charge in [0.05, 0.1) is 36.4 Å². The highest BCUT2D eigenvalue weighted by molar-refractivity contribution is 6.47. The van der Waals surface area contributed by atoms with Gasteiger partial charge in [0.2, 0.25) is 0 Å². The highest BCUT2D eigenvalue weighted by Gasteiger charge is 2.49. The molecule has 2 aromatic carbocycles. The third kappa shape index (κ3) is 3.61. The van der Waals surface area contributed by atoms with Gasteiger partial charge in [-0.05, 0) is 24.5 Å². The van der Waals surface area contributed by atoms with Crippen molar-refractivity contribution in [2.24, 2.45) is 0 Å². The van der Waals surface area contributed by atoms with E-state index in [1.54, 1.807) is 4.90 Å². The zero-order chi connectivity index (χ0) is 23.0. The summed E-state index contributed by atoms with van der Waals surface area (Å²) < 4.78 is 10.6. The lowest BCUT2D eigenvalue weighted by Crippen LogP contribution is -2.37. The number of hydrogen-bond donors (Lipinski definition) is 1. The van der Waals surface area contributed by atoms with Crippen LogP contribution in [0.5, 0.6) is 11.5 Å². The summed E-state index contributed by atoms with van der Waals surface area (Å²) in [7, 11) is 2.80. The number of rotatable bonds is 5. The van der Waals surface area contributed by atoms with Gasteiger partial charge in [-0.1, -0.05) is 66.4 Å². The summed E-state index contributed by atoms with van der Waals surface area (Å²) in [5, 5.41) is 11.6. The molecule has 2 aliphatic rings. The van der Waals surface area contributed by atoms with Crippen molar-refractivity contribution in [2.45, 2.75) is 37.8 Å². The Labute approximate surface area is 196 Å². The van der Waals surface area contributed by atoms with Gasteiger partial charge in [-0.3, -0.25) is 9.59 Å². The molecule has 1 N–H and O–H groups in total. The number of Topliss-reactive ketones (excluding diaryl/α,β-unsaturated/α-hetero) is 1. The van der Waals surface area contributed by atoms with Gasteiger partial charge in [0.25, 0.3) is 11.7 Å². The summed E-state index contributed by atoms with van der Waals surface area (Å²) in [5.41, 5.74) is 0.849. The van der Waals surface area contributed by atoms with E-state index in [4.69, 9.17) is 32.7 Å². The van der Waals surface area contributed by atoms with E-state index in [9.17, 15) is 14.7 Å². The first-order chi connectivity index (χ1) is 15.4. The van der Waals surface area contributed by atoms with E-state index in [-0.39, 0.29) is 44.5 Å². The van der Waals surface area contributed by atoms with Gasteiger partial charge in [0, 0.05) is 6.04 Å². The molecule has 1 saturated heterocycles. The Morgan fingerprint density at radius 3 is 2.25 bits per heavy atom. The number of hydrogen-bond acceptors (Lipinski definition) is 5. The molecule has 1 atom stereocenters. The number of halogens is 2. The van der Waals surface area contributed by atoms with E-state index in [1.165, 1.54) is 20.3 Å². The standard InChI is InChI=1S/C24H23Cl2NO5/c1-31-22-15(12-16(25)23(32-2)18(22)26)20(28)17-19(13-8-4-3-5-9-13)27(24(30)21(17)29)14-10-6-7-11-14/h3-5,8-9,12,14,19,28H,6-7,10-11H2,1-2H3/b20-17+. The van der Waals surface area contributed by atoms with Crippen LogP contribution in [0, 0.1) is 0 Å². The molecule has 1 saturated carbocycles. The number of benzene rings is 2. The molecule has 168 valence electrons. The molecule has 4 rings (SSSR count). The average molecular weight is 476 g/mol. The van der Waals surface area contributed by atoms with Crippen LogP contribution >= 0.6 is 23.2 Å². The Balaban J connectivity index is 1.96. The molecule has 32 heavy (non-hydrogen) atoms. The molecule has 8 heteroatoms. The van der Waals surface area contributed by atoms with Crippen LogP contribution in [0.25, 0.3) is 5.76 Å². The number of aliphatic hydroxyl groups is 1. The van der Waals surface area contributed by atoms with Gasteiger partial charge in [-0.25, -0.2) is 0 Å². The Hall–Kier alpha value is -2.70. The number of nitrogens with zero attached hydrogens (tertiary/aromatic N) is 1. The summed E-state index contributed by atoms with van der Waals surface area (Å²) in [6.07, 6.45) is 3.62. The Morgan fingerprint density at radius 2 is 1.66 bits per heavy atom. The zero-order valence-corrected chi connectivity index (χ0v) is 19.2. The van der Waals surface area contributed by atoms with Crippen LogP contribution in [-0.4, -0.2) is 42.0 Å². The van der Waals surface area contributed by atoms with Crippen molar-refractivity contribution in [1.82, 2.24) is 4.90 Å². The molecule has 0 bridgehead atoms. The summed E-state index contributed by atoms with van der Waals surface area (Å²) in [4.78, 5) is 28.0. The molecule has 6 nitrogen and oxygen atoms in total. The van der Waals surface area contributed by atoms with E-state index in [0.29, 0.717) is 0 Å². The maximum absolute atomic E-state index is 13.2. The van der Waals surface area contributed by atoms with Gasteiger partial charge >= 0.3 is 0 Å². The maximum Gasteiger partial charge on any atom is 0.295 e. The number of methoxy groups -OCH3 is 2. The zero-order valence-electron chi connectivity index (χ0n) is 17.7. The molecule has 2 aromatic rings. The van der Waals surface area contributed by atoms with Crippen LogP contribution in [0.2, 0.25) is 10.0 Å². The second-order valence-corrected chi connectivity index (χ2v) is 8.63.